The second-order valence-electron chi connectivity index (χ2n) is 12.2. The average Bonchev–Trinajstić information content (AvgIpc) is 4.08. The summed E-state index contributed by atoms with van der Waals surface area (Å²) in [5.41, 5.74) is 8.49. The highest BCUT2D eigenvalue weighted by atomic mass is 19.3. The number of benzene rings is 2. The predicted octanol–water partition coefficient (Wildman–Crippen LogP) is 4.22. The van der Waals surface area contributed by atoms with Gasteiger partial charge in [-0.25, -0.2) is 19.9 Å². The summed E-state index contributed by atoms with van der Waals surface area (Å²) in [7, 11) is 3.30. The van der Waals surface area contributed by atoms with Gasteiger partial charge in [0.05, 0.1) is 38.4 Å². The Balaban J connectivity index is 0.000000195. The summed E-state index contributed by atoms with van der Waals surface area (Å²) in [4.78, 5) is 51.3. The Kier molecular flexibility index (Phi) is 11.0. The number of alkyl halides is 2. The molecule has 4 aromatic rings. The summed E-state index contributed by atoms with van der Waals surface area (Å²) in [5, 5.41) is 1.87. The van der Waals surface area contributed by atoms with Crippen molar-refractivity contribution < 1.29 is 32.6 Å². The van der Waals surface area contributed by atoms with E-state index in [0.29, 0.717) is 17.8 Å². The Morgan fingerprint density at radius 3 is 1.55 bits per heavy atom. The summed E-state index contributed by atoms with van der Waals surface area (Å²) in [6.07, 6.45) is 8.39. The molecule has 11 nitrogen and oxygen atoms in total. The van der Waals surface area contributed by atoms with Crippen molar-refractivity contribution >= 4 is 17.5 Å². The van der Waals surface area contributed by atoms with Gasteiger partial charge < -0.3 is 20.5 Å². The molecule has 0 unspecified atom stereocenters. The number of rotatable bonds is 14. The number of carbonyl (C=O) groups is 3. The van der Waals surface area contributed by atoms with Crippen LogP contribution >= 0.6 is 0 Å². The lowest BCUT2D eigenvalue weighted by Gasteiger charge is -2.15. The van der Waals surface area contributed by atoms with Crippen LogP contribution in [0, 0.1) is 0 Å². The number of ether oxygens (including phenoxy) is 2. The van der Waals surface area contributed by atoms with Crippen molar-refractivity contribution in [2.75, 3.05) is 27.3 Å². The summed E-state index contributed by atoms with van der Waals surface area (Å²) in [5.74, 6) is 0.886. The van der Waals surface area contributed by atoms with Crippen LogP contribution in [0.5, 0.6) is 11.5 Å². The molecule has 49 heavy (non-hydrogen) atoms. The maximum atomic E-state index is 12.1. The first-order valence-corrected chi connectivity index (χ1v) is 15.8. The lowest BCUT2D eigenvalue weighted by molar-refractivity contribution is -0.131. The molecule has 6 rings (SSSR count). The van der Waals surface area contributed by atoms with Gasteiger partial charge in [0.1, 0.15) is 23.1 Å². The summed E-state index contributed by atoms with van der Waals surface area (Å²) < 4.78 is 34.8. The fourth-order valence-corrected chi connectivity index (χ4v) is 5.59. The van der Waals surface area contributed by atoms with E-state index in [-0.39, 0.29) is 28.7 Å². The smallest absolute Gasteiger partial charge is 0.315 e. The quantitative estimate of drug-likeness (QED) is 0.186. The zero-order chi connectivity index (χ0) is 35.0. The average molecular weight is 673 g/mol. The molecule has 13 heteroatoms. The lowest BCUT2D eigenvalue weighted by atomic mass is 9.92. The van der Waals surface area contributed by atoms with E-state index in [0.717, 1.165) is 49.4 Å². The standard InChI is InChI=1S/C19H19F2N3O3.C17H19N3O2/c1-27-14-4-2-3-13(7-14)19(5-6-19)8-16-22-9-12(10-23-16)15(25)11-24-18(26)17(20)21;1-22-14-4-2-3-13(7-14)17(5-6-17)8-16-19-10-12(11-20-16)15(21)9-18/h2-4,7,9-10,17H,5-6,8,11H2,1H3,(H,24,26);2-4,7,10-11H,5-6,8-9,18H2,1H3. The third-order valence-electron chi connectivity index (χ3n) is 8.93. The molecule has 256 valence electrons. The van der Waals surface area contributed by atoms with Crippen LogP contribution in [-0.4, -0.2) is 71.1 Å². The van der Waals surface area contributed by atoms with Crippen molar-refractivity contribution in [2.45, 2.75) is 55.8 Å². The summed E-state index contributed by atoms with van der Waals surface area (Å²) in [6, 6.07) is 16.1. The van der Waals surface area contributed by atoms with Crippen molar-refractivity contribution in [3.05, 3.63) is 107 Å². The van der Waals surface area contributed by atoms with E-state index in [1.807, 2.05) is 35.6 Å². The second-order valence-corrected chi connectivity index (χ2v) is 12.2. The zero-order valence-electron chi connectivity index (χ0n) is 27.3. The number of methoxy groups -OCH3 is 2. The topological polar surface area (TPSA) is 159 Å². The summed E-state index contributed by atoms with van der Waals surface area (Å²) in [6.45, 7) is -0.532. The van der Waals surface area contributed by atoms with Crippen LogP contribution in [0.1, 0.15) is 69.2 Å². The number of hydrogen-bond donors (Lipinski definition) is 2. The Labute approximate surface area is 282 Å². The number of nitrogens with zero attached hydrogens (tertiary/aromatic N) is 4. The van der Waals surface area contributed by atoms with Crippen LogP contribution in [0.3, 0.4) is 0 Å². The monoisotopic (exact) mass is 672 g/mol. The van der Waals surface area contributed by atoms with Crippen LogP contribution < -0.4 is 20.5 Å². The van der Waals surface area contributed by atoms with Gasteiger partial charge in [0.25, 0.3) is 5.91 Å². The third-order valence-corrected chi connectivity index (χ3v) is 8.93. The number of nitrogens with two attached hydrogens (primary N) is 1. The van der Waals surface area contributed by atoms with E-state index in [4.69, 9.17) is 15.2 Å². The highest BCUT2D eigenvalue weighted by molar-refractivity contribution is 5.99. The normalized spacial score (nSPS) is 15.0. The second kappa shape index (κ2) is 15.4. The minimum Gasteiger partial charge on any atom is -0.497 e. The highest BCUT2D eigenvalue weighted by Crippen LogP contribution is 2.51. The molecule has 2 fully saturated rings. The number of amides is 1. The van der Waals surface area contributed by atoms with Gasteiger partial charge in [-0.1, -0.05) is 24.3 Å². The van der Waals surface area contributed by atoms with E-state index < -0.39 is 24.7 Å². The van der Waals surface area contributed by atoms with Crippen LogP contribution in [0.4, 0.5) is 8.78 Å². The van der Waals surface area contributed by atoms with Gasteiger partial charge in [0.2, 0.25) is 0 Å². The first-order valence-electron chi connectivity index (χ1n) is 15.8. The molecule has 0 atom stereocenters. The Morgan fingerprint density at radius 2 is 1.18 bits per heavy atom. The third kappa shape index (κ3) is 8.85. The number of carbonyl (C=O) groups excluding carboxylic acids is 3. The number of halogens is 2. The van der Waals surface area contributed by atoms with Crippen LogP contribution in [0.15, 0.2) is 73.3 Å². The molecule has 2 aliphatic carbocycles. The Bertz CT molecular complexity index is 1780. The van der Waals surface area contributed by atoms with Gasteiger partial charge in [-0.15, -0.1) is 0 Å². The van der Waals surface area contributed by atoms with Crippen molar-refractivity contribution in [1.82, 2.24) is 25.3 Å². The molecule has 3 N–H and O–H groups in total. The van der Waals surface area contributed by atoms with Gasteiger partial charge in [-0.2, -0.15) is 8.78 Å². The van der Waals surface area contributed by atoms with Crippen molar-refractivity contribution in [2.24, 2.45) is 5.73 Å². The molecule has 0 saturated heterocycles. The molecule has 0 aliphatic heterocycles. The van der Waals surface area contributed by atoms with Gasteiger partial charge in [-0.3, -0.25) is 14.4 Å². The number of nitrogens with one attached hydrogen (secondary N) is 1. The fourth-order valence-electron chi connectivity index (χ4n) is 5.59. The molecule has 2 aromatic heterocycles. The molecule has 0 bridgehead atoms. The molecule has 0 radical (unpaired) electrons. The van der Waals surface area contributed by atoms with Gasteiger partial charge >= 0.3 is 6.43 Å². The number of Topliss-reactive ketones (excluding diaryl/α,β-unsaturated/α-hetero) is 2. The van der Waals surface area contributed by atoms with Crippen molar-refractivity contribution in [1.29, 1.82) is 0 Å². The van der Waals surface area contributed by atoms with Crippen molar-refractivity contribution in [3.63, 3.8) is 0 Å². The minimum absolute atomic E-state index is 0.0174. The Hall–Kier alpha value is -5.17. The first kappa shape index (κ1) is 35.1. The molecular formula is C36H38F2N6O5. The largest absolute Gasteiger partial charge is 0.497 e. The number of ketones is 2. The van der Waals surface area contributed by atoms with E-state index >= 15 is 0 Å². The zero-order valence-corrected chi connectivity index (χ0v) is 27.3. The van der Waals surface area contributed by atoms with E-state index in [9.17, 15) is 23.2 Å². The SMILES string of the molecule is COc1cccc(C2(Cc3ncc(C(=O)CN)cn3)CC2)c1.COc1cccc(C2(Cc3ncc(C(=O)CNC(=O)C(F)F)cn3)CC2)c1. The maximum absolute atomic E-state index is 12.1. The fraction of sp³-hybridized carbons (Fsp3) is 0.361. The van der Waals surface area contributed by atoms with Crippen LogP contribution in [0.2, 0.25) is 0 Å². The highest BCUT2D eigenvalue weighted by Gasteiger charge is 2.46. The van der Waals surface area contributed by atoms with Crippen LogP contribution in [-0.2, 0) is 28.5 Å². The van der Waals surface area contributed by atoms with Crippen LogP contribution in [0.25, 0.3) is 0 Å². The van der Waals surface area contributed by atoms with E-state index in [2.05, 4.69) is 38.1 Å². The van der Waals surface area contributed by atoms with Gasteiger partial charge in [0.15, 0.2) is 11.6 Å². The summed E-state index contributed by atoms with van der Waals surface area (Å²) >= 11 is 0. The van der Waals surface area contributed by atoms with Crippen molar-refractivity contribution in [3.8, 4) is 11.5 Å². The maximum Gasteiger partial charge on any atom is 0.315 e. The molecule has 0 spiro atoms. The number of hydrogen-bond acceptors (Lipinski definition) is 10. The number of aromatic nitrogens is 4. The van der Waals surface area contributed by atoms with E-state index in [1.165, 1.54) is 23.5 Å². The lowest BCUT2D eigenvalue weighted by Crippen LogP contribution is -2.34. The van der Waals surface area contributed by atoms with Gasteiger partial charge in [0, 0.05) is 48.5 Å². The molecule has 2 aliphatic rings. The Morgan fingerprint density at radius 1 is 0.755 bits per heavy atom. The molecular weight excluding hydrogens is 634 g/mol. The molecule has 2 aromatic carbocycles. The molecule has 2 saturated carbocycles. The minimum atomic E-state index is -3.15. The predicted molar refractivity (Wildman–Crippen MR) is 176 cm³/mol. The molecule has 2 heterocycles. The van der Waals surface area contributed by atoms with E-state index in [1.54, 1.807) is 26.6 Å². The first-order chi connectivity index (χ1) is 23.6. The molecule has 1 amide bonds. The van der Waals surface area contributed by atoms with Gasteiger partial charge in [-0.05, 0) is 61.1 Å².